The number of nitrogens with two attached hydrogens (primary N) is 1. The van der Waals surface area contributed by atoms with Crippen LogP contribution < -0.4 is 11.2 Å². The molecule has 0 heterocycles. The molecule has 0 aliphatic heterocycles. The van der Waals surface area contributed by atoms with Crippen LogP contribution in [0.3, 0.4) is 0 Å². The number of nitrogens with one attached hydrogen (secondary N) is 1. The van der Waals surface area contributed by atoms with Crippen molar-refractivity contribution in [2.24, 2.45) is 10.8 Å². The van der Waals surface area contributed by atoms with Gasteiger partial charge in [0, 0.05) is 5.56 Å². The highest BCUT2D eigenvalue weighted by molar-refractivity contribution is 6.02. The van der Waals surface area contributed by atoms with E-state index in [4.69, 9.17) is 5.73 Å². The number of allylic oxidation sites excluding steroid dienone is 2. The molecule has 4 nitrogen and oxygen atoms in total. The molecule has 130 valence electrons. The standard InChI is InChI=1S/C20H29N3O/c1-19(2,3)13-11-14(20(4,5)6)18(24)17(12-13)23-22-16-10-8-7-9-15(16)21/h7-12,15,23-24H,21H2,1-6H3. The Kier molecular flexibility index (Phi) is 4.90. The Morgan fingerprint density at radius 2 is 1.71 bits per heavy atom. The fourth-order valence-electron chi connectivity index (χ4n) is 2.51. The van der Waals surface area contributed by atoms with Gasteiger partial charge in [0.15, 0.2) is 0 Å². The van der Waals surface area contributed by atoms with Crippen LogP contribution in [-0.4, -0.2) is 16.9 Å². The topological polar surface area (TPSA) is 70.6 Å². The van der Waals surface area contributed by atoms with E-state index < -0.39 is 0 Å². The molecular formula is C20H29N3O. The van der Waals surface area contributed by atoms with Gasteiger partial charge in [-0.15, -0.1) is 0 Å². The molecule has 1 atom stereocenters. The predicted octanol–water partition coefficient (Wildman–Crippen LogP) is 4.21. The summed E-state index contributed by atoms with van der Waals surface area (Å²) >= 11 is 0. The zero-order valence-electron chi connectivity index (χ0n) is 15.5. The quantitative estimate of drug-likeness (QED) is 0.563. The smallest absolute Gasteiger partial charge is 0.144 e. The Morgan fingerprint density at radius 1 is 1.04 bits per heavy atom. The largest absolute Gasteiger partial charge is 0.505 e. The number of hydrogen-bond acceptors (Lipinski definition) is 4. The molecule has 0 fully saturated rings. The van der Waals surface area contributed by atoms with E-state index in [9.17, 15) is 5.11 Å². The number of phenols is 1. The summed E-state index contributed by atoms with van der Waals surface area (Å²) in [5.74, 6) is 0.240. The first-order chi connectivity index (χ1) is 11.0. The molecule has 4 heteroatoms. The van der Waals surface area contributed by atoms with Gasteiger partial charge in [0.2, 0.25) is 0 Å². The third-order valence-corrected chi connectivity index (χ3v) is 4.13. The highest BCUT2D eigenvalue weighted by atomic mass is 16.3. The first-order valence-electron chi connectivity index (χ1n) is 8.32. The molecule has 2 rings (SSSR count). The maximum absolute atomic E-state index is 10.7. The third-order valence-electron chi connectivity index (χ3n) is 4.13. The Labute approximate surface area is 145 Å². The van der Waals surface area contributed by atoms with Crippen LogP contribution in [0.25, 0.3) is 0 Å². The maximum Gasteiger partial charge on any atom is 0.144 e. The van der Waals surface area contributed by atoms with Gasteiger partial charge < -0.3 is 10.8 Å². The van der Waals surface area contributed by atoms with E-state index >= 15 is 0 Å². The summed E-state index contributed by atoms with van der Waals surface area (Å²) in [6.45, 7) is 12.8. The fraction of sp³-hybridized carbons (Fsp3) is 0.450. The molecule has 0 bridgehead atoms. The molecule has 0 amide bonds. The van der Waals surface area contributed by atoms with E-state index in [1.54, 1.807) is 0 Å². The van der Waals surface area contributed by atoms with Crippen LogP contribution in [0.5, 0.6) is 5.75 Å². The summed E-state index contributed by atoms with van der Waals surface area (Å²) in [6.07, 6.45) is 7.55. The van der Waals surface area contributed by atoms with E-state index in [1.807, 2.05) is 30.4 Å². The van der Waals surface area contributed by atoms with Crippen molar-refractivity contribution in [3.8, 4) is 5.75 Å². The summed E-state index contributed by atoms with van der Waals surface area (Å²) in [6, 6.07) is 3.81. The second-order valence-corrected chi connectivity index (χ2v) is 8.34. The van der Waals surface area contributed by atoms with Crippen molar-refractivity contribution in [1.29, 1.82) is 0 Å². The number of hydrazone groups is 1. The fourth-order valence-corrected chi connectivity index (χ4v) is 2.51. The molecule has 0 spiro atoms. The average molecular weight is 327 g/mol. The Bertz CT molecular complexity index is 701. The molecular weight excluding hydrogens is 298 g/mol. The zero-order valence-corrected chi connectivity index (χ0v) is 15.5. The third kappa shape index (κ3) is 4.06. The van der Waals surface area contributed by atoms with E-state index in [-0.39, 0.29) is 22.6 Å². The van der Waals surface area contributed by atoms with Crippen molar-refractivity contribution in [3.05, 3.63) is 47.6 Å². The number of aromatic hydroxyl groups is 1. The SMILES string of the molecule is CC(C)(C)c1cc(NN=C2C=CC=CC2N)c(O)c(C(C)(C)C)c1. The summed E-state index contributed by atoms with van der Waals surface area (Å²) in [4.78, 5) is 0. The maximum atomic E-state index is 10.7. The van der Waals surface area contributed by atoms with Crippen molar-refractivity contribution >= 4 is 11.4 Å². The molecule has 1 aromatic rings. The summed E-state index contributed by atoms with van der Waals surface area (Å²) in [5.41, 5.74) is 12.2. The number of benzene rings is 1. The number of nitrogens with zero attached hydrogens (tertiary/aromatic N) is 1. The molecule has 4 N–H and O–H groups in total. The van der Waals surface area contributed by atoms with Crippen molar-refractivity contribution in [1.82, 2.24) is 0 Å². The minimum atomic E-state index is -0.238. The number of hydrogen-bond donors (Lipinski definition) is 3. The van der Waals surface area contributed by atoms with Crippen molar-refractivity contribution < 1.29 is 5.11 Å². The van der Waals surface area contributed by atoms with Gasteiger partial charge in [0.25, 0.3) is 0 Å². The van der Waals surface area contributed by atoms with Crippen LogP contribution >= 0.6 is 0 Å². The van der Waals surface area contributed by atoms with Gasteiger partial charge in [-0.1, -0.05) is 65.8 Å². The highest BCUT2D eigenvalue weighted by Gasteiger charge is 2.25. The number of anilines is 1. The van der Waals surface area contributed by atoms with Crippen LogP contribution in [0.15, 0.2) is 41.5 Å². The van der Waals surface area contributed by atoms with Gasteiger partial charge in [0.1, 0.15) is 5.75 Å². The van der Waals surface area contributed by atoms with E-state index in [2.05, 4.69) is 58.1 Å². The first-order valence-corrected chi connectivity index (χ1v) is 8.32. The molecule has 1 aliphatic carbocycles. The second-order valence-electron chi connectivity index (χ2n) is 8.34. The number of rotatable bonds is 2. The van der Waals surface area contributed by atoms with Crippen molar-refractivity contribution in [2.75, 3.05) is 5.43 Å². The van der Waals surface area contributed by atoms with Gasteiger partial charge >= 0.3 is 0 Å². The first kappa shape index (κ1) is 18.3. The molecule has 0 saturated carbocycles. The lowest BCUT2D eigenvalue weighted by atomic mass is 9.80. The lowest BCUT2D eigenvalue weighted by Gasteiger charge is -2.27. The van der Waals surface area contributed by atoms with Crippen LogP contribution in [0.4, 0.5) is 5.69 Å². The molecule has 1 aliphatic rings. The normalized spacial score (nSPS) is 19.8. The molecule has 24 heavy (non-hydrogen) atoms. The summed E-state index contributed by atoms with van der Waals surface area (Å²) < 4.78 is 0. The highest BCUT2D eigenvalue weighted by Crippen LogP contribution is 2.40. The Morgan fingerprint density at radius 3 is 2.25 bits per heavy atom. The molecule has 0 saturated heterocycles. The molecule has 0 aromatic heterocycles. The number of phenolic OH excluding ortho intramolecular Hbond substituents is 1. The molecule has 1 aromatic carbocycles. The Balaban J connectivity index is 2.47. The van der Waals surface area contributed by atoms with Crippen LogP contribution in [-0.2, 0) is 10.8 Å². The minimum Gasteiger partial charge on any atom is -0.505 e. The monoisotopic (exact) mass is 327 g/mol. The second kappa shape index (κ2) is 6.44. The van der Waals surface area contributed by atoms with E-state index in [0.717, 1.165) is 16.8 Å². The molecule has 0 radical (unpaired) electrons. The van der Waals surface area contributed by atoms with Crippen LogP contribution in [0, 0.1) is 0 Å². The van der Waals surface area contributed by atoms with Gasteiger partial charge in [-0.3, -0.25) is 5.43 Å². The molecule has 1 unspecified atom stereocenters. The lowest BCUT2D eigenvalue weighted by molar-refractivity contribution is 0.446. The lowest BCUT2D eigenvalue weighted by Crippen LogP contribution is -2.28. The average Bonchev–Trinajstić information content (AvgIpc) is 2.45. The predicted molar refractivity (Wildman–Crippen MR) is 103 cm³/mol. The zero-order chi connectivity index (χ0) is 18.1. The van der Waals surface area contributed by atoms with Crippen molar-refractivity contribution in [2.45, 2.75) is 58.4 Å². The van der Waals surface area contributed by atoms with E-state index in [0.29, 0.717) is 5.69 Å². The van der Waals surface area contributed by atoms with E-state index in [1.165, 1.54) is 0 Å². The Hall–Kier alpha value is -2.07. The summed E-state index contributed by atoms with van der Waals surface area (Å²) in [7, 11) is 0. The summed E-state index contributed by atoms with van der Waals surface area (Å²) in [5, 5.41) is 15.1. The van der Waals surface area contributed by atoms with Gasteiger partial charge in [-0.25, -0.2) is 0 Å². The van der Waals surface area contributed by atoms with Crippen LogP contribution in [0.2, 0.25) is 0 Å². The van der Waals surface area contributed by atoms with Crippen LogP contribution in [0.1, 0.15) is 52.7 Å². The van der Waals surface area contributed by atoms with Crippen molar-refractivity contribution in [3.63, 3.8) is 0 Å². The van der Waals surface area contributed by atoms with Gasteiger partial charge in [-0.05, 0) is 28.5 Å². The minimum absolute atomic E-state index is 0.0266. The van der Waals surface area contributed by atoms with Gasteiger partial charge in [-0.2, -0.15) is 5.10 Å². The van der Waals surface area contributed by atoms with Gasteiger partial charge in [0.05, 0.1) is 17.4 Å².